The molecule has 0 aliphatic heterocycles. The zero-order chi connectivity index (χ0) is 16.0. The normalized spacial score (nSPS) is 12.2. The van der Waals surface area contributed by atoms with Crippen molar-refractivity contribution in [2.75, 3.05) is 11.9 Å². The lowest BCUT2D eigenvalue weighted by Gasteiger charge is -2.19. The second-order valence-corrected chi connectivity index (χ2v) is 5.70. The van der Waals surface area contributed by atoms with Crippen LogP contribution in [0.25, 0.3) is 0 Å². The molecule has 1 aromatic rings. The fraction of sp³-hybridized carbons (Fsp3) is 0.533. The van der Waals surface area contributed by atoms with E-state index in [1.54, 1.807) is 19.1 Å². The van der Waals surface area contributed by atoms with E-state index in [-0.39, 0.29) is 18.0 Å². The number of carboxylic acid groups (broad SMARTS) is 1. The number of hydrogen-bond donors (Lipinski definition) is 2. The molecule has 2 N–H and O–H groups in total. The Bertz CT molecular complexity index is 514. The molecule has 0 aliphatic rings. The molecule has 0 saturated carbocycles. The lowest BCUT2D eigenvalue weighted by Crippen LogP contribution is -2.20. The van der Waals surface area contributed by atoms with E-state index in [2.05, 4.69) is 5.32 Å². The average Bonchev–Trinajstić information content (AvgIpc) is 2.35. The van der Waals surface area contributed by atoms with Gasteiger partial charge in [0, 0.05) is 19.0 Å². The Morgan fingerprint density at radius 2 is 2.10 bits per heavy atom. The zero-order valence-electron chi connectivity index (χ0n) is 12.6. The molecule has 0 aliphatic carbocycles. The van der Waals surface area contributed by atoms with Gasteiger partial charge < -0.3 is 10.4 Å². The van der Waals surface area contributed by atoms with Crippen LogP contribution in [0.15, 0.2) is 18.2 Å². The van der Waals surface area contributed by atoms with Crippen LogP contribution in [0.1, 0.15) is 32.3 Å². The number of aryl methyl sites for hydroxylation is 1. The molecule has 0 saturated heterocycles. The molecule has 0 fully saturated rings. The van der Waals surface area contributed by atoms with Gasteiger partial charge in [-0.2, -0.15) is 0 Å². The lowest BCUT2D eigenvalue weighted by molar-refractivity contribution is -0.384. The molecule has 0 aromatic heterocycles. The minimum absolute atomic E-state index is 0.0219. The monoisotopic (exact) mass is 294 g/mol. The standard InChI is InChI=1S/C15H22N2O4/c1-10(2)7-12(8-14(18)19)9-16-15-11(3)5-4-6-13(15)17(20)21/h4-6,10,12,16H,7-9H2,1-3H3,(H,18,19). The lowest BCUT2D eigenvalue weighted by atomic mass is 9.94. The molecular formula is C15H22N2O4. The van der Waals surface area contributed by atoms with Gasteiger partial charge in [-0.15, -0.1) is 0 Å². The third kappa shape index (κ3) is 5.41. The second-order valence-electron chi connectivity index (χ2n) is 5.70. The molecule has 0 heterocycles. The van der Waals surface area contributed by atoms with Gasteiger partial charge in [-0.3, -0.25) is 14.9 Å². The molecule has 1 rings (SSSR count). The third-order valence-corrected chi connectivity index (χ3v) is 3.28. The molecule has 116 valence electrons. The van der Waals surface area contributed by atoms with Crippen LogP contribution in [0.5, 0.6) is 0 Å². The maximum absolute atomic E-state index is 11.0. The van der Waals surface area contributed by atoms with Crippen molar-refractivity contribution in [1.29, 1.82) is 0 Å². The number of carbonyl (C=O) groups is 1. The van der Waals surface area contributed by atoms with Gasteiger partial charge in [-0.05, 0) is 30.7 Å². The summed E-state index contributed by atoms with van der Waals surface area (Å²) in [6.07, 6.45) is 0.823. The molecule has 1 atom stereocenters. The van der Waals surface area contributed by atoms with Crippen molar-refractivity contribution in [3.8, 4) is 0 Å². The van der Waals surface area contributed by atoms with Crippen molar-refractivity contribution in [2.24, 2.45) is 11.8 Å². The number of para-hydroxylation sites is 1. The minimum atomic E-state index is -0.846. The Balaban J connectivity index is 2.84. The van der Waals surface area contributed by atoms with Gasteiger partial charge >= 0.3 is 5.97 Å². The number of nitrogens with one attached hydrogen (secondary N) is 1. The summed E-state index contributed by atoms with van der Waals surface area (Å²) in [5.74, 6) is -0.522. The van der Waals surface area contributed by atoms with Crippen LogP contribution < -0.4 is 5.32 Å². The van der Waals surface area contributed by atoms with Gasteiger partial charge in [0.25, 0.3) is 5.69 Å². The van der Waals surface area contributed by atoms with E-state index in [0.29, 0.717) is 18.2 Å². The highest BCUT2D eigenvalue weighted by molar-refractivity contribution is 5.68. The molecule has 21 heavy (non-hydrogen) atoms. The number of anilines is 1. The van der Waals surface area contributed by atoms with E-state index < -0.39 is 10.9 Å². The molecule has 1 unspecified atom stereocenters. The third-order valence-electron chi connectivity index (χ3n) is 3.28. The predicted molar refractivity (Wildman–Crippen MR) is 81.5 cm³/mol. The fourth-order valence-electron chi connectivity index (χ4n) is 2.43. The predicted octanol–water partition coefficient (Wildman–Crippen LogP) is 3.45. The van der Waals surface area contributed by atoms with Crippen molar-refractivity contribution >= 4 is 17.3 Å². The van der Waals surface area contributed by atoms with Gasteiger partial charge in [-0.1, -0.05) is 26.0 Å². The van der Waals surface area contributed by atoms with Gasteiger partial charge in [0.1, 0.15) is 5.69 Å². The zero-order valence-corrected chi connectivity index (χ0v) is 12.6. The van der Waals surface area contributed by atoms with E-state index in [0.717, 1.165) is 12.0 Å². The molecule has 6 heteroatoms. The van der Waals surface area contributed by atoms with Crippen LogP contribution >= 0.6 is 0 Å². The summed E-state index contributed by atoms with van der Waals surface area (Å²) in [7, 11) is 0. The van der Waals surface area contributed by atoms with Gasteiger partial charge in [0.05, 0.1) is 4.92 Å². The first-order valence-electron chi connectivity index (χ1n) is 7.01. The van der Waals surface area contributed by atoms with E-state index in [1.165, 1.54) is 6.07 Å². The number of nitrogens with zero attached hydrogens (tertiary/aromatic N) is 1. The minimum Gasteiger partial charge on any atom is -0.481 e. The highest BCUT2D eigenvalue weighted by atomic mass is 16.6. The van der Waals surface area contributed by atoms with E-state index in [9.17, 15) is 14.9 Å². The first-order chi connectivity index (χ1) is 9.81. The molecule has 0 amide bonds. The highest BCUT2D eigenvalue weighted by Gasteiger charge is 2.19. The number of carboxylic acids is 1. The number of benzene rings is 1. The van der Waals surface area contributed by atoms with Crippen LogP contribution in [-0.2, 0) is 4.79 Å². The largest absolute Gasteiger partial charge is 0.481 e. The molecule has 6 nitrogen and oxygen atoms in total. The average molecular weight is 294 g/mol. The van der Waals surface area contributed by atoms with Crippen LogP contribution in [-0.4, -0.2) is 22.5 Å². The van der Waals surface area contributed by atoms with Crippen molar-refractivity contribution in [3.63, 3.8) is 0 Å². The smallest absolute Gasteiger partial charge is 0.303 e. The van der Waals surface area contributed by atoms with Crippen LogP contribution in [0, 0.1) is 28.9 Å². The Labute approximate surface area is 124 Å². The first-order valence-corrected chi connectivity index (χ1v) is 7.01. The summed E-state index contributed by atoms with van der Waals surface area (Å²) < 4.78 is 0. The Kier molecular flexibility index (Phi) is 6.14. The number of rotatable bonds is 8. The molecule has 0 radical (unpaired) electrons. The van der Waals surface area contributed by atoms with Gasteiger partial charge in [0.2, 0.25) is 0 Å². The van der Waals surface area contributed by atoms with E-state index in [4.69, 9.17) is 5.11 Å². The summed E-state index contributed by atoms with van der Waals surface area (Å²) in [5, 5.41) is 23.1. The number of aliphatic carboxylic acids is 1. The SMILES string of the molecule is Cc1cccc([N+](=O)[O-])c1NCC(CC(=O)O)CC(C)C. The fourth-order valence-corrected chi connectivity index (χ4v) is 2.43. The summed E-state index contributed by atoms with van der Waals surface area (Å²) in [4.78, 5) is 21.5. The van der Waals surface area contributed by atoms with Crippen molar-refractivity contribution in [1.82, 2.24) is 0 Å². The first kappa shape index (κ1) is 16.9. The second kappa shape index (κ2) is 7.61. The maximum Gasteiger partial charge on any atom is 0.303 e. The van der Waals surface area contributed by atoms with Crippen molar-refractivity contribution < 1.29 is 14.8 Å². The van der Waals surface area contributed by atoms with Crippen molar-refractivity contribution in [2.45, 2.75) is 33.6 Å². The summed E-state index contributed by atoms with van der Waals surface area (Å²) in [6.45, 7) is 6.27. The Hall–Kier alpha value is -2.11. The molecule has 0 spiro atoms. The summed E-state index contributed by atoms with van der Waals surface area (Å²) in [6, 6.07) is 4.88. The highest BCUT2D eigenvalue weighted by Crippen LogP contribution is 2.28. The molecule has 0 bridgehead atoms. The number of nitro groups is 1. The summed E-state index contributed by atoms with van der Waals surface area (Å²) in [5.41, 5.74) is 1.28. The van der Waals surface area contributed by atoms with Gasteiger partial charge in [-0.25, -0.2) is 0 Å². The van der Waals surface area contributed by atoms with Crippen molar-refractivity contribution in [3.05, 3.63) is 33.9 Å². The van der Waals surface area contributed by atoms with Gasteiger partial charge in [0.15, 0.2) is 0 Å². The van der Waals surface area contributed by atoms with Crippen LogP contribution in [0.4, 0.5) is 11.4 Å². The Morgan fingerprint density at radius 3 is 2.62 bits per heavy atom. The Morgan fingerprint density at radius 1 is 1.43 bits per heavy atom. The molecule has 1 aromatic carbocycles. The van der Waals surface area contributed by atoms with Crippen LogP contribution in [0.3, 0.4) is 0 Å². The maximum atomic E-state index is 11.0. The van der Waals surface area contributed by atoms with E-state index >= 15 is 0 Å². The molecular weight excluding hydrogens is 272 g/mol. The van der Waals surface area contributed by atoms with E-state index in [1.807, 2.05) is 13.8 Å². The quantitative estimate of drug-likeness (QED) is 0.566. The number of nitro benzene ring substituents is 1. The van der Waals surface area contributed by atoms with Crippen LogP contribution in [0.2, 0.25) is 0 Å². The topological polar surface area (TPSA) is 92.5 Å². The number of hydrogen-bond acceptors (Lipinski definition) is 4. The summed E-state index contributed by atoms with van der Waals surface area (Å²) >= 11 is 0.